The van der Waals surface area contributed by atoms with Crippen molar-refractivity contribution in [2.75, 3.05) is 14.2 Å². The van der Waals surface area contributed by atoms with Gasteiger partial charge in [0.25, 0.3) is 11.5 Å². The average Bonchev–Trinajstić information content (AvgIpc) is 3.40. The van der Waals surface area contributed by atoms with Gasteiger partial charge in [0.05, 0.1) is 48.2 Å². The highest BCUT2D eigenvalue weighted by atomic mass is 32.1. The van der Waals surface area contributed by atoms with Crippen molar-refractivity contribution in [2.24, 2.45) is 5.10 Å². The Balaban J connectivity index is 1.99. The number of rotatable bonds is 7. The number of carbonyl (C=O) groups excluding carboxylic acids is 2. The van der Waals surface area contributed by atoms with Crippen molar-refractivity contribution in [3.63, 3.8) is 0 Å². The normalized spacial score (nSPS) is 11.2. The van der Waals surface area contributed by atoms with Crippen LogP contribution in [0.1, 0.15) is 27.9 Å². The second-order valence-electron chi connectivity index (χ2n) is 6.17. The summed E-state index contributed by atoms with van der Waals surface area (Å²) in [5.74, 6) is -0.262. The first kappa shape index (κ1) is 21.1. The number of thiophene rings is 1. The number of aromatic nitrogens is 2. The number of benzene rings is 1. The molecule has 30 heavy (non-hydrogen) atoms. The van der Waals surface area contributed by atoms with E-state index in [0.717, 1.165) is 0 Å². The molecule has 0 aliphatic rings. The zero-order valence-electron chi connectivity index (χ0n) is 16.6. The Morgan fingerprint density at radius 1 is 1.20 bits per heavy atom. The van der Waals surface area contributed by atoms with Crippen molar-refractivity contribution in [3.8, 4) is 11.4 Å². The molecule has 0 spiro atoms. The first-order valence-electron chi connectivity index (χ1n) is 8.88. The van der Waals surface area contributed by atoms with Crippen LogP contribution in [-0.4, -0.2) is 41.6 Å². The van der Waals surface area contributed by atoms with E-state index in [2.05, 4.69) is 15.6 Å². The number of nitrogens with one attached hydrogen (secondary N) is 2. The van der Waals surface area contributed by atoms with E-state index in [9.17, 15) is 14.4 Å². The van der Waals surface area contributed by atoms with E-state index in [-0.39, 0.29) is 23.6 Å². The molecular weight excluding hydrogens is 408 g/mol. The standard InChI is InChI=1S/C20H20N4O5S/c1-12(21-22-19(26)16-5-4-10-30-16)18-15(11-17(25)29-3)23-24(20(18)27)13-6-8-14(28-2)9-7-13/h4-10,23H,11H2,1-3H3,(H,22,26)/b21-12+. The molecule has 156 valence electrons. The highest BCUT2D eigenvalue weighted by Gasteiger charge is 2.21. The third-order valence-corrected chi connectivity index (χ3v) is 5.15. The molecule has 1 aromatic carbocycles. The molecule has 0 saturated heterocycles. The van der Waals surface area contributed by atoms with Crippen LogP contribution in [0.5, 0.6) is 5.75 Å². The minimum Gasteiger partial charge on any atom is -0.497 e. The summed E-state index contributed by atoms with van der Waals surface area (Å²) in [7, 11) is 2.81. The highest BCUT2D eigenvalue weighted by Crippen LogP contribution is 2.15. The van der Waals surface area contributed by atoms with Crippen LogP contribution in [-0.2, 0) is 16.0 Å². The van der Waals surface area contributed by atoms with E-state index >= 15 is 0 Å². The Hall–Kier alpha value is -3.66. The zero-order chi connectivity index (χ0) is 21.7. The third kappa shape index (κ3) is 4.49. The van der Waals surface area contributed by atoms with Crippen LogP contribution >= 0.6 is 11.3 Å². The van der Waals surface area contributed by atoms with Crippen molar-refractivity contribution in [2.45, 2.75) is 13.3 Å². The number of hydrogen-bond donors (Lipinski definition) is 2. The molecule has 0 fully saturated rings. The van der Waals surface area contributed by atoms with Gasteiger partial charge in [-0.2, -0.15) is 5.10 Å². The fraction of sp³-hybridized carbons (Fsp3) is 0.200. The number of hydrazone groups is 1. The van der Waals surface area contributed by atoms with E-state index in [1.807, 2.05) is 0 Å². The fourth-order valence-corrected chi connectivity index (χ4v) is 3.38. The molecule has 0 radical (unpaired) electrons. The van der Waals surface area contributed by atoms with Gasteiger partial charge in [0.1, 0.15) is 5.75 Å². The van der Waals surface area contributed by atoms with Gasteiger partial charge in [-0.25, -0.2) is 10.1 Å². The minimum atomic E-state index is -0.519. The van der Waals surface area contributed by atoms with Gasteiger partial charge in [-0.15, -0.1) is 11.3 Å². The molecule has 1 amide bonds. The predicted molar refractivity (Wildman–Crippen MR) is 113 cm³/mol. The Morgan fingerprint density at radius 3 is 2.53 bits per heavy atom. The van der Waals surface area contributed by atoms with Crippen LogP contribution in [0.25, 0.3) is 5.69 Å². The first-order chi connectivity index (χ1) is 14.4. The van der Waals surface area contributed by atoms with Crippen molar-refractivity contribution < 1.29 is 19.1 Å². The van der Waals surface area contributed by atoms with Crippen LogP contribution in [0.4, 0.5) is 0 Å². The van der Waals surface area contributed by atoms with Gasteiger partial charge < -0.3 is 9.47 Å². The Morgan fingerprint density at radius 2 is 1.93 bits per heavy atom. The highest BCUT2D eigenvalue weighted by molar-refractivity contribution is 7.12. The summed E-state index contributed by atoms with van der Waals surface area (Å²) in [6.45, 7) is 1.58. The van der Waals surface area contributed by atoms with Gasteiger partial charge in [-0.1, -0.05) is 6.07 Å². The van der Waals surface area contributed by atoms with Gasteiger partial charge >= 0.3 is 5.97 Å². The summed E-state index contributed by atoms with van der Waals surface area (Å²) in [5, 5.41) is 8.77. The first-order valence-corrected chi connectivity index (χ1v) is 9.76. The summed E-state index contributed by atoms with van der Waals surface area (Å²) in [6, 6.07) is 10.3. The lowest BCUT2D eigenvalue weighted by Gasteiger charge is -2.03. The average molecular weight is 428 g/mol. The monoisotopic (exact) mass is 428 g/mol. The Bertz CT molecular complexity index is 1130. The molecule has 0 saturated carbocycles. The van der Waals surface area contributed by atoms with Crippen LogP contribution in [0, 0.1) is 0 Å². The summed E-state index contributed by atoms with van der Waals surface area (Å²) < 4.78 is 11.2. The Kier molecular flexibility index (Phi) is 6.48. The number of aromatic amines is 1. The minimum absolute atomic E-state index is 0.157. The number of esters is 1. The second kappa shape index (κ2) is 9.23. The lowest BCUT2D eigenvalue weighted by Crippen LogP contribution is -2.23. The van der Waals surface area contributed by atoms with Crippen LogP contribution in [0.3, 0.4) is 0 Å². The molecular formula is C20H20N4O5S. The van der Waals surface area contributed by atoms with Gasteiger partial charge in [-0.3, -0.25) is 19.5 Å². The van der Waals surface area contributed by atoms with Crippen LogP contribution in [0.2, 0.25) is 0 Å². The summed E-state index contributed by atoms with van der Waals surface area (Å²) >= 11 is 1.28. The number of hydrogen-bond acceptors (Lipinski definition) is 7. The number of nitrogens with zero attached hydrogens (tertiary/aromatic N) is 2. The topological polar surface area (TPSA) is 115 Å². The predicted octanol–water partition coefficient (Wildman–Crippen LogP) is 2.11. The summed E-state index contributed by atoms with van der Waals surface area (Å²) in [4.78, 5) is 37.6. The molecule has 0 aliphatic carbocycles. The fourth-order valence-electron chi connectivity index (χ4n) is 2.77. The van der Waals surface area contributed by atoms with Gasteiger partial charge in [0.15, 0.2) is 0 Å². The van der Waals surface area contributed by atoms with E-state index < -0.39 is 11.5 Å². The molecule has 10 heteroatoms. The number of methoxy groups -OCH3 is 2. The number of amides is 1. The Labute approximate surface area is 175 Å². The van der Waals surface area contributed by atoms with Crippen molar-refractivity contribution in [3.05, 3.63) is 68.3 Å². The number of ether oxygens (including phenoxy) is 2. The lowest BCUT2D eigenvalue weighted by atomic mass is 10.1. The molecule has 9 nitrogen and oxygen atoms in total. The lowest BCUT2D eigenvalue weighted by molar-refractivity contribution is -0.139. The van der Waals surface area contributed by atoms with Gasteiger partial charge in [-0.05, 0) is 42.6 Å². The smallest absolute Gasteiger partial charge is 0.311 e. The van der Waals surface area contributed by atoms with Crippen molar-refractivity contribution in [1.82, 2.24) is 15.2 Å². The van der Waals surface area contributed by atoms with Gasteiger partial charge in [0, 0.05) is 0 Å². The number of H-pyrrole nitrogens is 1. The third-order valence-electron chi connectivity index (χ3n) is 4.28. The second-order valence-corrected chi connectivity index (χ2v) is 7.12. The molecule has 2 heterocycles. The molecule has 0 bridgehead atoms. The maximum absolute atomic E-state index is 13.1. The van der Waals surface area contributed by atoms with Crippen LogP contribution in [0.15, 0.2) is 51.7 Å². The molecule has 0 unspecified atom stereocenters. The molecule has 0 aliphatic heterocycles. The molecule has 2 aromatic heterocycles. The molecule has 3 aromatic rings. The van der Waals surface area contributed by atoms with Crippen LogP contribution < -0.4 is 15.7 Å². The maximum Gasteiger partial charge on any atom is 0.311 e. The largest absolute Gasteiger partial charge is 0.497 e. The van der Waals surface area contributed by atoms with E-state index in [1.165, 1.54) is 23.1 Å². The SMILES string of the molecule is COC(=O)Cc1[nH]n(-c2ccc(OC)cc2)c(=O)c1/C(C)=N/NC(=O)c1cccs1. The maximum atomic E-state index is 13.1. The van der Waals surface area contributed by atoms with E-state index in [1.54, 1.807) is 55.8 Å². The summed E-state index contributed by atoms with van der Waals surface area (Å²) in [6.07, 6.45) is -0.157. The molecule has 2 N–H and O–H groups in total. The molecule has 0 atom stereocenters. The quantitative estimate of drug-likeness (QED) is 0.340. The number of carbonyl (C=O) groups is 2. The zero-order valence-corrected chi connectivity index (χ0v) is 17.4. The summed E-state index contributed by atoms with van der Waals surface area (Å²) in [5.41, 5.74) is 3.34. The van der Waals surface area contributed by atoms with Crippen molar-refractivity contribution >= 4 is 28.9 Å². The van der Waals surface area contributed by atoms with Gasteiger partial charge in [0.2, 0.25) is 0 Å². The van der Waals surface area contributed by atoms with Crippen molar-refractivity contribution in [1.29, 1.82) is 0 Å². The molecule has 3 rings (SSSR count). The van der Waals surface area contributed by atoms with E-state index in [4.69, 9.17) is 9.47 Å². The van der Waals surface area contributed by atoms with E-state index in [0.29, 0.717) is 22.0 Å².